The van der Waals surface area contributed by atoms with Gasteiger partial charge in [-0.2, -0.15) is 11.8 Å². The molecule has 0 saturated carbocycles. The fourth-order valence-corrected chi connectivity index (χ4v) is 4.55. The number of nitrogens with zero attached hydrogens (tertiary/aromatic N) is 1. The molecule has 5 N–H and O–H groups in total. The second-order valence-corrected chi connectivity index (χ2v) is 8.53. The quantitative estimate of drug-likeness (QED) is 0.338. The number of nitrogens with two attached hydrogens (primary N) is 1. The molecular weight excluding hydrogens is 406 g/mol. The van der Waals surface area contributed by atoms with Gasteiger partial charge >= 0.3 is 11.9 Å². The van der Waals surface area contributed by atoms with Crippen molar-refractivity contribution in [2.75, 3.05) is 24.6 Å². The van der Waals surface area contributed by atoms with E-state index in [0.29, 0.717) is 44.5 Å². The van der Waals surface area contributed by atoms with Crippen LogP contribution in [0.1, 0.15) is 31.2 Å². The summed E-state index contributed by atoms with van der Waals surface area (Å²) in [5.74, 6) is -1.25. The molecule has 1 heterocycles. The molecule has 1 unspecified atom stereocenters. The van der Waals surface area contributed by atoms with Crippen LogP contribution in [-0.4, -0.2) is 75.7 Å². The maximum atomic E-state index is 13.1. The van der Waals surface area contributed by atoms with Gasteiger partial charge in [-0.05, 0) is 50.0 Å². The SMILES string of the molecule is NCCCSC[C@H](NC(CCc1ccccc1)C(=O)O)C(=O)N1CCC[C@H]1C(=O)O. The number of hydrogen-bond acceptors (Lipinski definition) is 6. The highest BCUT2D eigenvalue weighted by Crippen LogP contribution is 2.20. The molecule has 166 valence electrons. The third-order valence-electron chi connectivity index (χ3n) is 5.16. The highest BCUT2D eigenvalue weighted by Gasteiger charge is 2.38. The molecule has 9 heteroatoms. The van der Waals surface area contributed by atoms with Crippen molar-refractivity contribution in [1.82, 2.24) is 10.2 Å². The van der Waals surface area contributed by atoms with Crippen LogP contribution in [0, 0.1) is 0 Å². The van der Waals surface area contributed by atoms with Gasteiger partial charge in [-0.15, -0.1) is 0 Å². The normalized spacial score (nSPS) is 18.2. The van der Waals surface area contributed by atoms with Crippen molar-refractivity contribution in [2.24, 2.45) is 5.73 Å². The zero-order valence-electron chi connectivity index (χ0n) is 17.0. The molecule has 1 aromatic rings. The number of carboxylic acid groups (broad SMARTS) is 2. The van der Waals surface area contributed by atoms with E-state index in [0.717, 1.165) is 17.7 Å². The van der Waals surface area contributed by atoms with Crippen LogP contribution in [0.5, 0.6) is 0 Å². The molecule has 1 fully saturated rings. The molecule has 0 aliphatic carbocycles. The summed E-state index contributed by atoms with van der Waals surface area (Å²) in [4.78, 5) is 37.8. The van der Waals surface area contributed by atoms with Gasteiger partial charge < -0.3 is 20.8 Å². The minimum Gasteiger partial charge on any atom is -0.480 e. The van der Waals surface area contributed by atoms with Gasteiger partial charge in [0.25, 0.3) is 0 Å². The van der Waals surface area contributed by atoms with Crippen molar-refractivity contribution in [3.8, 4) is 0 Å². The fourth-order valence-electron chi connectivity index (χ4n) is 3.54. The fraction of sp³-hybridized carbons (Fsp3) is 0.571. The first-order chi connectivity index (χ1) is 14.4. The number of nitrogens with one attached hydrogen (secondary N) is 1. The Balaban J connectivity index is 2.07. The van der Waals surface area contributed by atoms with Crippen LogP contribution in [0.25, 0.3) is 0 Å². The Kier molecular flexibility index (Phi) is 10.1. The first kappa shape index (κ1) is 24.2. The lowest BCUT2D eigenvalue weighted by molar-refractivity contribution is -0.149. The van der Waals surface area contributed by atoms with Crippen molar-refractivity contribution >= 4 is 29.6 Å². The maximum Gasteiger partial charge on any atom is 0.326 e. The lowest BCUT2D eigenvalue weighted by Gasteiger charge is -2.29. The van der Waals surface area contributed by atoms with Gasteiger partial charge in [0, 0.05) is 12.3 Å². The smallest absolute Gasteiger partial charge is 0.326 e. The standard InChI is InChI=1S/C21H31N3O5S/c22-11-5-13-30-14-17(19(25)24-12-4-8-18(24)21(28)29)23-16(20(26)27)10-9-15-6-2-1-3-7-15/h1-3,6-7,16-18,23H,4-5,8-14,22H2,(H,26,27)(H,28,29)/t16?,17-,18-/m0/s1. The van der Waals surface area contributed by atoms with Gasteiger partial charge in [0.2, 0.25) is 5.91 Å². The molecule has 1 aliphatic heterocycles. The highest BCUT2D eigenvalue weighted by molar-refractivity contribution is 7.99. The van der Waals surface area contributed by atoms with E-state index in [4.69, 9.17) is 5.73 Å². The Hall–Kier alpha value is -2.10. The number of aliphatic carboxylic acids is 2. The molecule has 0 spiro atoms. The zero-order valence-corrected chi connectivity index (χ0v) is 17.9. The average Bonchev–Trinajstić information content (AvgIpc) is 3.23. The van der Waals surface area contributed by atoms with Gasteiger partial charge in [0.1, 0.15) is 12.1 Å². The first-order valence-corrected chi connectivity index (χ1v) is 11.4. The van der Waals surface area contributed by atoms with Crippen LogP contribution in [0.4, 0.5) is 0 Å². The van der Waals surface area contributed by atoms with Crippen molar-refractivity contribution in [3.05, 3.63) is 35.9 Å². The van der Waals surface area contributed by atoms with Gasteiger partial charge in [-0.25, -0.2) is 4.79 Å². The lowest BCUT2D eigenvalue weighted by Crippen LogP contribution is -2.55. The summed E-state index contributed by atoms with van der Waals surface area (Å²) in [6.45, 7) is 0.921. The van der Waals surface area contributed by atoms with Gasteiger partial charge in [-0.1, -0.05) is 30.3 Å². The number of carbonyl (C=O) groups excluding carboxylic acids is 1. The maximum absolute atomic E-state index is 13.1. The summed E-state index contributed by atoms with van der Waals surface area (Å²) < 4.78 is 0. The van der Waals surface area contributed by atoms with Crippen molar-refractivity contribution in [3.63, 3.8) is 0 Å². The Morgan fingerprint density at radius 2 is 1.93 bits per heavy atom. The van der Waals surface area contributed by atoms with E-state index in [1.165, 1.54) is 16.7 Å². The number of hydrogen-bond donors (Lipinski definition) is 4. The second-order valence-electron chi connectivity index (χ2n) is 7.38. The molecule has 8 nitrogen and oxygen atoms in total. The molecule has 2 rings (SSSR count). The van der Waals surface area contributed by atoms with Crippen LogP contribution in [0.3, 0.4) is 0 Å². The number of rotatable bonds is 13. The number of aryl methyl sites for hydroxylation is 1. The molecular formula is C21H31N3O5S. The van der Waals surface area contributed by atoms with E-state index in [1.807, 2.05) is 30.3 Å². The number of carboxylic acids is 2. The molecule has 1 aliphatic rings. The summed E-state index contributed by atoms with van der Waals surface area (Å²) in [6.07, 6.45) is 2.74. The second kappa shape index (κ2) is 12.6. The van der Waals surface area contributed by atoms with Gasteiger partial charge in [0.05, 0.1) is 6.04 Å². The topological polar surface area (TPSA) is 133 Å². The largest absolute Gasteiger partial charge is 0.480 e. The van der Waals surface area contributed by atoms with E-state index >= 15 is 0 Å². The molecule has 0 bridgehead atoms. The van der Waals surface area contributed by atoms with E-state index < -0.39 is 30.1 Å². The van der Waals surface area contributed by atoms with Crippen LogP contribution in [0.15, 0.2) is 30.3 Å². The zero-order chi connectivity index (χ0) is 21.9. The number of carbonyl (C=O) groups is 3. The van der Waals surface area contributed by atoms with E-state index in [1.54, 1.807) is 0 Å². The number of thioether (sulfide) groups is 1. The van der Waals surface area contributed by atoms with Gasteiger partial charge in [-0.3, -0.25) is 14.9 Å². The number of benzene rings is 1. The lowest BCUT2D eigenvalue weighted by atomic mass is 10.0. The van der Waals surface area contributed by atoms with Crippen LogP contribution in [0.2, 0.25) is 0 Å². The highest BCUT2D eigenvalue weighted by atomic mass is 32.2. The van der Waals surface area contributed by atoms with E-state index in [9.17, 15) is 24.6 Å². The average molecular weight is 438 g/mol. The third kappa shape index (κ3) is 7.30. The summed E-state index contributed by atoms with van der Waals surface area (Å²) in [6, 6.07) is 7.07. The molecule has 30 heavy (non-hydrogen) atoms. The molecule has 3 atom stereocenters. The predicted octanol–water partition coefficient (Wildman–Crippen LogP) is 1.19. The van der Waals surface area contributed by atoms with Crippen LogP contribution in [-0.2, 0) is 20.8 Å². The monoisotopic (exact) mass is 437 g/mol. The number of amides is 1. The van der Waals surface area contributed by atoms with Crippen molar-refractivity contribution < 1.29 is 24.6 Å². The van der Waals surface area contributed by atoms with Crippen LogP contribution >= 0.6 is 11.8 Å². The Bertz CT molecular complexity index is 703. The van der Waals surface area contributed by atoms with Crippen LogP contribution < -0.4 is 11.1 Å². The van der Waals surface area contributed by atoms with Gasteiger partial charge in [0.15, 0.2) is 0 Å². The van der Waals surface area contributed by atoms with Crippen molar-refractivity contribution in [1.29, 1.82) is 0 Å². The van der Waals surface area contributed by atoms with E-state index in [-0.39, 0.29) is 5.91 Å². The molecule has 0 radical (unpaired) electrons. The molecule has 1 aromatic carbocycles. The summed E-state index contributed by atoms with van der Waals surface area (Å²) >= 11 is 1.52. The van der Waals surface area contributed by atoms with Crippen molar-refractivity contribution in [2.45, 2.75) is 50.2 Å². The Morgan fingerprint density at radius 3 is 2.57 bits per heavy atom. The molecule has 1 amide bonds. The molecule has 1 saturated heterocycles. The Morgan fingerprint density at radius 1 is 1.20 bits per heavy atom. The summed E-state index contributed by atoms with van der Waals surface area (Å²) in [5.41, 5.74) is 6.55. The van der Waals surface area contributed by atoms with E-state index in [2.05, 4.69) is 5.32 Å². The minimum absolute atomic E-state index is 0.332. The summed E-state index contributed by atoms with van der Waals surface area (Å²) in [7, 11) is 0. The first-order valence-electron chi connectivity index (χ1n) is 10.3. The third-order valence-corrected chi connectivity index (χ3v) is 6.31. The molecule has 0 aromatic heterocycles. The Labute approximate surface area is 181 Å². The minimum atomic E-state index is -1.02. The summed E-state index contributed by atoms with van der Waals surface area (Å²) in [5, 5.41) is 22.1. The predicted molar refractivity (Wildman–Crippen MR) is 116 cm³/mol. The number of likely N-dealkylation sites (tertiary alicyclic amines) is 1.